The summed E-state index contributed by atoms with van der Waals surface area (Å²) >= 11 is 0. The van der Waals surface area contributed by atoms with Crippen LogP contribution in [0.4, 0.5) is 11.4 Å². The number of nitrogens with one attached hydrogen (secondary N) is 2. The summed E-state index contributed by atoms with van der Waals surface area (Å²) in [5.41, 5.74) is 5.62. The Bertz CT molecular complexity index is 1690. The van der Waals surface area contributed by atoms with E-state index < -0.39 is 22.2 Å². The van der Waals surface area contributed by atoms with Crippen molar-refractivity contribution in [1.29, 1.82) is 0 Å². The monoisotopic (exact) mass is 606 g/mol. The molecule has 0 saturated carbocycles. The van der Waals surface area contributed by atoms with Crippen molar-refractivity contribution in [3.05, 3.63) is 95.2 Å². The summed E-state index contributed by atoms with van der Waals surface area (Å²) in [7, 11) is -1.97. The minimum atomic E-state index is -3.51. The SMILES string of the molecule is CCn1cc2c3c(cc(C(=O)N[C@@H](Cc4ccccc4)[C@H](O)CNc4ccccc4C)cc31)N(C)S(=O)(=O)CC2.O=CO. The number of anilines is 2. The van der Waals surface area contributed by atoms with Crippen LogP contribution in [0.5, 0.6) is 0 Å². The number of hydrogen-bond donors (Lipinski definition) is 4. The highest BCUT2D eigenvalue weighted by molar-refractivity contribution is 7.92. The second-order valence-electron chi connectivity index (χ2n) is 10.5. The van der Waals surface area contributed by atoms with Gasteiger partial charge in [-0.15, -0.1) is 0 Å². The van der Waals surface area contributed by atoms with Crippen LogP contribution in [0.25, 0.3) is 10.9 Å². The first kappa shape index (κ1) is 31.6. The van der Waals surface area contributed by atoms with Crippen molar-refractivity contribution in [2.75, 3.05) is 29.0 Å². The molecule has 0 spiro atoms. The quantitative estimate of drug-likeness (QED) is 0.212. The summed E-state index contributed by atoms with van der Waals surface area (Å²) in [6, 6.07) is 20.5. The maximum absolute atomic E-state index is 13.7. The van der Waals surface area contributed by atoms with E-state index in [2.05, 4.69) is 15.2 Å². The van der Waals surface area contributed by atoms with Gasteiger partial charge in [0.25, 0.3) is 12.4 Å². The molecule has 0 radical (unpaired) electrons. The number of hydrogen-bond acceptors (Lipinski definition) is 6. The number of aliphatic hydroxyl groups is 1. The van der Waals surface area contributed by atoms with E-state index in [9.17, 15) is 18.3 Å². The summed E-state index contributed by atoms with van der Waals surface area (Å²) in [6.07, 6.45) is 1.96. The van der Waals surface area contributed by atoms with Gasteiger partial charge in [0, 0.05) is 43.0 Å². The maximum atomic E-state index is 13.7. The third-order valence-electron chi connectivity index (χ3n) is 7.75. The van der Waals surface area contributed by atoms with Gasteiger partial charge in [-0.1, -0.05) is 48.5 Å². The fourth-order valence-electron chi connectivity index (χ4n) is 5.38. The lowest BCUT2D eigenvalue weighted by atomic mass is 9.99. The van der Waals surface area contributed by atoms with Gasteiger partial charge in [-0.2, -0.15) is 0 Å². The van der Waals surface area contributed by atoms with Crippen LogP contribution in [0.15, 0.2) is 72.9 Å². The predicted molar refractivity (Wildman–Crippen MR) is 169 cm³/mol. The van der Waals surface area contributed by atoms with Crippen LogP contribution in [0.2, 0.25) is 0 Å². The Balaban J connectivity index is 0.00000135. The summed E-state index contributed by atoms with van der Waals surface area (Å²) in [5.74, 6) is -0.351. The normalized spacial score (nSPS) is 15.0. The van der Waals surface area contributed by atoms with Crippen LogP contribution < -0.4 is 14.9 Å². The Kier molecular flexibility index (Phi) is 10.1. The molecule has 43 heavy (non-hydrogen) atoms. The van der Waals surface area contributed by atoms with Gasteiger partial charge in [0.05, 0.1) is 29.1 Å². The first-order chi connectivity index (χ1) is 20.6. The van der Waals surface area contributed by atoms with E-state index in [-0.39, 0.29) is 24.7 Å². The molecule has 0 bridgehead atoms. The topological polar surface area (TPSA) is 141 Å². The molecule has 0 saturated heterocycles. The Morgan fingerprint density at radius 2 is 1.77 bits per heavy atom. The minimum Gasteiger partial charge on any atom is -0.483 e. The number of carboxylic acid groups (broad SMARTS) is 1. The van der Waals surface area contributed by atoms with Crippen LogP contribution in [-0.4, -0.2) is 67.1 Å². The summed E-state index contributed by atoms with van der Waals surface area (Å²) < 4.78 is 29.2. The Labute approximate surface area is 252 Å². The predicted octanol–water partition coefficient (Wildman–Crippen LogP) is 3.81. The molecule has 4 aromatic rings. The number of aromatic nitrogens is 1. The molecule has 228 valence electrons. The first-order valence-corrected chi connectivity index (χ1v) is 15.7. The molecule has 5 rings (SSSR count). The van der Waals surface area contributed by atoms with Crippen molar-refractivity contribution in [1.82, 2.24) is 9.88 Å². The number of benzene rings is 3. The second-order valence-corrected chi connectivity index (χ2v) is 12.6. The van der Waals surface area contributed by atoms with Crippen molar-refractivity contribution in [3.8, 4) is 0 Å². The summed E-state index contributed by atoms with van der Waals surface area (Å²) in [6.45, 7) is 4.71. The van der Waals surface area contributed by atoms with Crippen LogP contribution in [-0.2, 0) is 34.2 Å². The number of para-hydroxylation sites is 1. The molecule has 0 unspecified atom stereocenters. The average Bonchev–Trinajstić information content (AvgIpc) is 3.33. The molecule has 1 aliphatic heterocycles. The van der Waals surface area contributed by atoms with Gasteiger partial charge in [0.15, 0.2) is 0 Å². The lowest BCUT2D eigenvalue weighted by Gasteiger charge is -2.26. The van der Waals surface area contributed by atoms with Gasteiger partial charge in [0.1, 0.15) is 0 Å². The number of carbonyl (C=O) groups excluding carboxylic acids is 1. The molecule has 2 atom stereocenters. The van der Waals surface area contributed by atoms with E-state index in [0.717, 1.165) is 33.3 Å². The van der Waals surface area contributed by atoms with Crippen molar-refractivity contribution in [2.45, 2.75) is 45.4 Å². The highest BCUT2D eigenvalue weighted by Gasteiger charge is 2.29. The van der Waals surface area contributed by atoms with E-state index >= 15 is 0 Å². The lowest BCUT2D eigenvalue weighted by Crippen LogP contribution is -2.47. The number of aliphatic hydroxyl groups excluding tert-OH is 1. The van der Waals surface area contributed by atoms with E-state index in [1.165, 1.54) is 4.31 Å². The number of carbonyl (C=O) groups is 2. The molecule has 2 heterocycles. The number of sulfonamides is 1. The minimum absolute atomic E-state index is 0.0156. The highest BCUT2D eigenvalue weighted by Crippen LogP contribution is 2.37. The van der Waals surface area contributed by atoms with Crippen LogP contribution in [0, 0.1) is 6.92 Å². The molecule has 1 aromatic heterocycles. The Morgan fingerprint density at radius 3 is 2.44 bits per heavy atom. The van der Waals surface area contributed by atoms with E-state index in [4.69, 9.17) is 9.90 Å². The fraction of sp³-hybridized carbons (Fsp3) is 0.312. The molecule has 1 amide bonds. The van der Waals surface area contributed by atoms with Gasteiger partial charge in [-0.05, 0) is 61.6 Å². The van der Waals surface area contributed by atoms with Gasteiger partial charge < -0.3 is 25.4 Å². The molecule has 11 heteroatoms. The molecule has 4 N–H and O–H groups in total. The lowest BCUT2D eigenvalue weighted by molar-refractivity contribution is -0.122. The largest absolute Gasteiger partial charge is 0.483 e. The van der Waals surface area contributed by atoms with Crippen molar-refractivity contribution >= 4 is 44.7 Å². The molecule has 1 aliphatic rings. The zero-order valence-corrected chi connectivity index (χ0v) is 25.3. The maximum Gasteiger partial charge on any atom is 0.290 e. The van der Waals surface area contributed by atoms with Crippen molar-refractivity contribution < 1.29 is 28.2 Å². The number of aryl methyl sites for hydroxylation is 3. The Hall–Kier alpha value is -4.35. The van der Waals surface area contributed by atoms with Crippen LogP contribution in [0.1, 0.15) is 34.0 Å². The second kappa shape index (κ2) is 13.7. The fourth-order valence-corrected chi connectivity index (χ4v) is 6.57. The average molecular weight is 607 g/mol. The smallest absolute Gasteiger partial charge is 0.290 e. The number of amides is 1. The molecular weight excluding hydrogens is 568 g/mol. The van der Waals surface area contributed by atoms with E-state index in [1.807, 2.05) is 80.7 Å². The number of nitrogens with zero attached hydrogens (tertiary/aromatic N) is 2. The third-order valence-corrected chi connectivity index (χ3v) is 9.51. The highest BCUT2D eigenvalue weighted by atomic mass is 32.2. The first-order valence-electron chi connectivity index (χ1n) is 14.1. The van der Waals surface area contributed by atoms with E-state index in [0.29, 0.717) is 30.6 Å². The molecule has 0 aliphatic carbocycles. The van der Waals surface area contributed by atoms with Gasteiger partial charge in [0.2, 0.25) is 10.0 Å². The standard InChI is InChI=1S/C31H36N4O4S.CH2O2/c1-4-35-20-23-14-15-40(38,39)34(3)27-17-24(18-28(35)30(23)27)31(37)33-26(16-22-11-6-5-7-12-22)29(36)19-32-25-13-9-8-10-21(25)2;2-1-3/h5-13,17-18,20,26,29,32,36H,4,14-16,19H2,1-3H3,(H,33,37);1H,(H,2,3)/t26-,29+;/m0./s1. The van der Waals surface area contributed by atoms with Crippen molar-refractivity contribution in [2.24, 2.45) is 0 Å². The zero-order valence-electron chi connectivity index (χ0n) is 24.5. The summed E-state index contributed by atoms with van der Waals surface area (Å²) in [5, 5.41) is 25.4. The third kappa shape index (κ3) is 7.18. The van der Waals surface area contributed by atoms with Crippen molar-refractivity contribution in [3.63, 3.8) is 0 Å². The van der Waals surface area contributed by atoms with Gasteiger partial charge in [-0.25, -0.2) is 8.42 Å². The number of rotatable bonds is 9. The molecule has 3 aromatic carbocycles. The van der Waals surface area contributed by atoms with Crippen LogP contribution >= 0.6 is 0 Å². The molecule has 0 fully saturated rings. The summed E-state index contributed by atoms with van der Waals surface area (Å²) in [4.78, 5) is 22.1. The molecular formula is C32H38N4O6S. The van der Waals surface area contributed by atoms with E-state index in [1.54, 1.807) is 13.1 Å². The Morgan fingerprint density at radius 1 is 1.09 bits per heavy atom. The molecule has 10 nitrogen and oxygen atoms in total. The van der Waals surface area contributed by atoms with Crippen LogP contribution in [0.3, 0.4) is 0 Å². The van der Waals surface area contributed by atoms with Gasteiger partial charge in [-0.3, -0.25) is 13.9 Å². The zero-order chi connectivity index (χ0) is 31.1. The van der Waals surface area contributed by atoms with Gasteiger partial charge >= 0.3 is 0 Å².